The first-order valence-electron chi connectivity index (χ1n) is 9.50. The van der Waals surface area contributed by atoms with Gasteiger partial charge in [0.05, 0.1) is 19.8 Å². The standard InChI is InChI=1S/C20H33N3O3.HI/c1-4-21-20(23(2)15-18-9-12-25-16-18)22-14-17-7-5-8-19(13-17)26-11-6-10-24-3;/h5,7-8,13,18H,4,6,9-12,14-16H2,1-3H3,(H,21,22);1H. The van der Waals surface area contributed by atoms with Crippen LogP contribution in [0, 0.1) is 5.92 Å². The fourth-order valence-corrected chi connectivity index (χ4v) is 2.96. The van der Waals surface area contributed by atoms with Gasteiger partial charge in [-0.05, 0) is 31.0 Å². The van der Waals surface area contributed by atoms with E-state index in [1.807, 2.05) is 12.1 Å². The van der Waals surface area contributed by atoms with Gasteiger partial charge in [-0.25, -0.2) is 4.99 Å². The van der Waals surface area contributed by atoms with Crippen LogP contribution in [0.1, 0.15) is 25.3 Å². The molecule has 27 heavy (non-hydrogen) atoms. The van der Waals surface area contributed by atoms with Gasteiger partial charge in [0.15, 0.2) is 5.96 Å². The number of hydrogen-bond acceptors (Lipinski definition) is 4. The molecule has 1 heterocycles. The Hall–Kier alpha value is -1.06. The van der Waals surface area contributed by atoms with Crippen molar-refractivity contribution in [2.45, 2.75) is 26.3 Å². The highest BCUT2D eigenvalue weighted by atomic mass is 127. The number of rotatable bonds is 10. The Morgan fingerprint density at radius 1 is 1.37 bits per heavy atom. The van der Waals surface area contributed by atoms with E-state index < -0.39 is 0 Å². The summed E-state index contributed by atoms with van der Waals surface area (Å²) < 4.78 is 16.3. The third-order valence-electron chi connectivity index (χ3n) is 4.32. The molecule has 1 fully saturated rings. The van der Waals surface area contributed by atoms with E-state index in [4.69, 9.17) is 19.2 Å². The highest BCUT2D eigenvalue weighted by Crippen LogP contribution is 2.15. The summed E-state index contributed by atoms with van der Waals surface area (Å²) in [6, 6.07) is 8.14. The van der Waals surface area contributed by atoms with E-state index in [1.54, 1.807) is 7.11 Å². The Morgan fingerprint density at radius 3 is 2.93 bits per heavy atom. The Labute approximate surface area is 180 Å². The van der Waals surface area contributed by atoms with Crippen molar-refractivity contribution in [3.8, 4) is 5.75 Å². The summed E-state index contributed by atoms with van der Waals surface area (Å²) in [5.74, 6) is 2.41. The largest absolute Gasteiger partial charge is 0.493 e. The molecule has 1 atom stereocenters. The first-order valence-corrected chi connectivity index (χ1v) is 9.50. The van der Waals surface area contributed by atoms with Crippen molar-refractivity contribution in [3.05, 3.63) is 29.8 Å². The van der Waals surface area contributed by atoms with Crippen LogP contribution in [0.2, 0.25) is 0 Å². The molecule has 1 aliphatic heterocycles. The van der Waals surface area contributed by atoms with Crippen LogP contribution in [0.15, 0.2) is 29.3 Å². The molecule has 0 saturated carbocycles. The van der Waals surface area contributed by atoms with E-state index in [1.165, 1.54) is 0 Å². The van der Waals surface area contributed by atoms with E-state index >= 15 is 0 Å². The molecule has 7 heteroatoms. The van der Waals surface area contributed by atoms with Gasteiger partial charge in [-0.2, -0.15) is 0 Å². The summed E-state index contributed by atoms with van der Waals surface area (Å²) in [6.45, 7) is 7.65. The fourth-order valence-electron chi connectivity index (χ4n) is 2.96. The number of nitrogens with one attached hydrogen (secondary N) is 1. The highest BCUT2D eigenvalue weighted by Gasteiger charge is 2.19. The Balaban J connectivity index is 0.00000364. The van der Waals surface area contributed by atoms with Crippen LogP contribution in [0.3, 0.4) is 0 Å². The zero-order valence-electron chi connectivity index (χ0n) is 16.8. The number of methoxy groups -OCH3 is 1. The van der Waals surface area contributed by atoms with E-state index in [9.17, 15) is 0 Å². The van der Waals surface area contributed by atoms with E-state index in [2.05, 4.69) is 36.3 Å². The molecule has 1 aromatic carbocycles. The second kappa shape index (κ2) is 14.0. The molecule has 0 aliphatic carbocycles. The van der Waals surface area contributed by atoms with Gasteiger partial charge in [-0.1, -0.05) is 12.1 Å². The zero-order valence-corrected chi connectivity index (χ0v) is 19.1. The number of hydrogen-bond donors (Lipinski definition) is 1. The fraction of sp³-hybridized carbons (Fsp3) is 0.650. The van der Waals surface area contributed by atoms with Gasteiger partial charge in [0.25, 0.3) is 0 Å². The third-order valence-corrected chi connectivity index (χ3v) is 4.32. The lowest BCUT2D eigenvalue weighted by molar-refractivity contribution is 0.172. The first kappa shape index (κ1) is 24.0. The molecule has 0 aromatic heterocycles. The highest BCUT2D eigenvalue weighted by molar-refractivity contribution is 14.0. The minimum Gasteiger partial charge on any atom is -0.493 e. The van der Waals surface area contributed by atoms with Gasteiger partial charge in [0.1, 0.15) is 5.75 Å². The van der Waals surface area contributed by atoms with Crippen molar-refractivity contribution in [1.29, 1.82) is 0 Å². The van der Waals surface area contributed by atoms with Crippen molar-refractivity contribution in [2.75, 3.05) is 53.7 Å². The summed E-state index contributed by atoms with van der Waals surface area (Å²) in [6.07, 6.45) is 2.02. The maximum atomic E-state index is 5.77. The van der Waals surface area contributed by atoms with E-state index in [0.717, 1.165) is 56.4 Å². The van der Waals surface area contributed by atoms with Crippen molar-refractivity contribution in [1.82, 2.24) is 10.2 Å². The molecule has 154 valence electrons. The summed E-state index contributed by atoms with van der Waals surface area (Å²) >= 11 is 0. The van der Waals surface area contributed by atoms with Crippen molar-refractivity contribution < 1.29 is 14.2 Å². The van der Waals surface area contributed by atoms with E-state index in [-0.39, 0.29) is 24.0 Å². The van der Waals surface area contributed by atoms with Crippen molar-refractivity contribution in [2.24, 2.45) is 10.9 Å². The maximum absolute atomic E-state index is 5.77. The molecule has 1 saturated heterocycles. The van der Waals surface area contributed by atoms with Crippen LogP contribution in [0.4, 0.5) is 0 Å². The molecule has 0 bridgehead atoms. The van der Waals surface area contributed by atoms with Crippen molar-refractivity contribution in [3.63, 3.8) is 0 Å². The van der Waals surface area contributed by atoms with Crippen LogP contribution in [-0.2, 0) is 16.0 Å². The molecule has 1 unspecified atom stereocenters. The summed E-state index contributed by atoms with van der Waals surface area (Å²) in [4.78, 5) is 6.99. The van der Waals surface area contributed by atoms with Crippen molar-refractivity contribution >= 4 is 29.9 Å². The predicted octanol–water partition coefficient (Wildman–Crippen LogP) is 3.15. The Morgan fingerprint density at radius 2 is 2.22 bits per heavy atom. The normalized spacial score (nSPS) is 16.7. The monoisotopic (exact) mass is 491 g/mol. The van der Waals surface area contributed by atoms with Gasteiger partial charge in [-0.3, -0.25) is 0 Å². The number of ether oxygens (including phenoxy) is 3. The van der Waals surface area contributed by atoms with Crippen LogP contribution in [0.5, 0.6) is 5.75 Å². The van der Waals surface area contributed by atoms with Crippen LogP contribution in [0.25, 0.3) is 0 Å². The topological polar surface area (TPSA) is 55.3 Å². The molecule has 0 amide bonds. The number of nitrogens with zero attached hydrogens (tertiary/aromatic N) is 2. The minimum absolute atomic E-state index is 0. The smallest absolute Gasteiger partial charge is 0.193 e. The van der Waals surface area contributed by atoms with Gasteiger partial charge in [-0.15, -0.1) is 24.0 Å². The molecule has 0 spiro atoms. The second-order valence-corrected chi connectivity index (χ2v) is 6.62. The molecule has 1 N–H and O–H groups in total. The summed E-state index contributed by atoms with van der Waals surface area (Å²) in [5.41, 5.74) is 1.14. The summed E-state index contributed by atoms with van der Waals surface area (Å²) in [5, 5.41) is 3.38. The first-order chi connectivity index (χ1) is 12.7. The molecule has 6 nitrogen and oxygen atoms in total. The van der Waals surface area contributed by atoms with Gasteiger partial charge in [0, 0.05) is 52.8 Å². The number of aliphatic imine (C=N–C) groups is 1. The molecular formula is C20H34IN3O3. The zero-order chi connectivity index (χ0) is 18.6. The molecule has 2 rings (SSSR count). The maximum Gasteiger partial charge on any atom is 0.193 e. The van der Waals surface area contributed by atoms with Crippen LogP contribution in [-0.4, -0.2) is 64.5 Å². The Kier molecular flexibility index (Phi) is 12.4. The number of halogens is 1. The average molecular weight is 491 g/mol. The molecule has 1 aliphatic rings. The third kappa shape index (κ3) is 9.12. The molecule has 1 aromatic rings. The van der Waals surface area contributed by atoms with Crippen LogP contribution >= 0.6 is 24.0 Å². The number of benzene rings is 1. The lowest BCUT2D eigenvalue weighted by Gasteiger charge is -2.24. The lowest BCUT2D eigenvalue weighted by atomic mass is 10.1. The van der Waals surface area contributed by atoms with E-state index in [0.29, 0.717) is 25.7 Å². The SMILES string of the molecule is CCNC(=NCc1cccc(OCCCOC)c1)N(C)CC1CCOC1.I. The lowest BCUT2D eigenvalue weighted by Crippen LogP contribution is -2.41. The Bertz CT molecular complexity index is 551. The van der Waals surface area contributed by atoms with Crippen LogP contribution < -0.4 is 10.1 Å². The average Bonchev–Trinajstić information content (AvgIpc) is 3.15. The summed E-state index contributed by atoms with van der Waals surface area (Å²) in [7, 11) is 3.80. The van der Waals surface area contributed by atoms with Gasteiger partial charge in [0.2, 0.25) is 0 Å². The minimum atomic E-state index is 0. The molecular weight excluding hydrogens is 457 g/mol. The second-order valence-electron chi connectivity index (χ2n) is 6.62. The predicted molar refractivity (Wildman–Crippen MR) is 120 cm³/mol. The number of guanidine groups is 1. The quantitative estimate of drug-likeness (QED) is 0.236. The van der Waals surface area contributed by atoms with Gasteiger partial charge >= 0.3 is 0 Å². The van der Waals surface area contributed by atoms with Gasteiger partial charge < -0.3 is 24.4 Å². The molecule has 0 radical (unpaired) electrons.